The predicted octanol–water partition coefficient (Wildman–Crippen LogP) is 5.15. The van der Waals surface area contributed by atoms with Gasteiger partial charge in [0, 0.05) is 7.14 Å². The molecule has 6 nitrogen and oxygen atoms in total. The average Bonchev–Trinajstić information content (AvgIpc) is 2.60. The van der Waals surface area contributed by atoms with Crippen LogP contribution in [0.25, 0.3) is 10.8 Å². The molecule has 0 atom stereocenters. The van der Waals surface area contributed by atoms with Crippen LogP contribution in [0.15, 0.2) is 52.3 Å². The number of halogens is 2. The molecule has 29 heavy (non-hydrogen) atoms. The van der Waals surface area contributed by atoms with Crippen molar-refractivity contribution < 1.29 is 25.9 Å². The second-order valence-corrected chi connectivity index (χ2v) is 18.0. The van der Waals surface area contributed by atoms with Gasteiger partial charge >= 0.3 is 0 Å². The molecule has 0 amide bonds. The number of fused-ring (bicyclic) bond motifs is 1. The van der Waals surface area contributed by atoms with E-state index in [1.807, 2.05) is 19.1 Å². The van der Waals surface area contributed by atoms with Crippen LogP contribution in [0.4, 0.5) is 0 Å². The largest absolute Gasteiger partial charge is 0.295 e. The molecule has 3 aromatic rings. The van der Waals surface area contributed by atoms with Gasteiger partial charge in [0.2, 0.25) is 0 Å². The second-order valence-electron chi connectivity index (χ2n) is 6.54. The van der Waals surface area contributed by atoms with Gasteiger partial charge in [-0.1, -0.05) is 17.7 Å². The maximum absolute atomic E-state index is 12.1. The van der Waals surface area contributed by atoms with E-state index in [-0.39, 0.29) is 9.79 Å². The number of hydrogen-bond donors (Lipinski definition) is 2. The van der Waals surface area contributed by atoms with Gasteiger partial charge in [-0.3, -0.25) is 9.11 Å². The minimum absolute atomic E-state index is 0.172. The molecular weight excluding hydrogens is 642 g/mol. The summed E-state index contributed by atoms with van der Waals surface area (Å²) in [5.74, 6) is 0. The molecule has 0 bridgehead atoms. The Labute approximate surface area is 185 Å². The van der Waals surface area contributed by atoms with Crippen molar-refractivity contribution >= 4 is 64.2 Å². The molecule has 0 aliphatic heterocycles. The molecule has 0 heterocycles. The van der Waals surface area contributed by atoms with Gasteiger partial charge in [0.25, 0.3) is 20.2 Å². The van der Waals surface area contributed by atoms with E-state index in [0.29, 0.717) is 14.5 Å². The van der Waals surface area contributed by atoms with Gasteiger partial charge in [-0.15, -0.1) is 0 Å². The van der Waals surface area contributed by atoms with Crippen LogP contribution in [0.3, 0.4) is 0 Å². The van der Waals surface area contributed by atoms with Crippen molar-refractivity contribution in [3.8, 4) is 0 Å². The first-order chi connectivity index (χ1) is 13.4. The highest BCUT2D eigenvalue weighted by Gasteiger charge is 2.21. The van der Waals surface area contributed by atoms with Gasteiger partial charge in [0.05, 0.1) is 4.90 Å². The number of aryl methyl sites for hydroxylation is 3. The van der Waals surface area contributed by atoms with Gasteiger partial charge in [0.1, 0.15) is 4.90 Å². The lowest BCUT2D eigenvalue weighted by molar-refractivity contribution is 0.481. The summed E-state index contributed by atoms with van der Waals surface area (Å²) in [7, 11) is -8.92. The van der Waals surface area contributed by atoms with E-state index in [9.17, 15) is 25.9 Å². The molecule has 3 aromatic carbocycles. The van der Waals surface area contributed by atoms with Gasteiger partial charge < -0.3 is 0 Å². The Hall–Kier alpha value is -0.800. The highest BCUT2D eigenvalue weighted by atomic mass is 128. The predicted molar refractivity (Wildman–Crippen MR) is 130 cm³/mol. The fourth-order valence-electron chi connectivity index (χ4n) is 2.99. The quantitative estimate of drug-likeness (QED) is 0.296. The lowest BCUT2D eigenvalue weighted by atomic mass is 10.0. The lowest BCUT2D eigenvalue weighted by Crippen LogP contribution is -2.05. The summed E-state index contributed by atoms with van der Waals surface area (Å²) in [5.41, 5.74) is 2.50. The van der Waals surface area contributed by atoms with Crippen LogP contribution in [-0.2, 0) is 20.2 Å². The van der Waals surface area contributed by atoms with Crippen molar-refractivity contribution in [3.63, 3.8) is 0 Å². The number of benzene rings is 3. The lowest BCUT2D eigenvalue weighted by Gasteiger charge is -2.14. The van der Waals surface area contributed by atoms with E-state index in [0.717, 1.165) is 16.5 Å². The van der Waals surface area contributed by atoms with E-state index in [2.05, 4.69) is 12.1 Å². The Morgan fingerprint density at radius 2 is 1.41 bits per heavy atom. The molecule has 0 saturated carbocycles. The fraction of sp³-hybridized carbons (Fsp3) is 0.158. The zero-order chi connectivity index (χ0) is 21.6. The van der Waals surface area contributed by atoms with Crippen LogP contribution in [0.5, 0.6) is 0 Å². The Kier molecular flexibility index (Phi) is 6.61. The first-order valence-electron chi connectivity index (χ1n) is 8.26. The summed E-state index contributed by atoms with van der Waals surface area (Å²) in [4.78, 5) is -0.480. The maximum atomic E-state index is 12.1. The zero-order valence-corrected chi connectivity index (χ0v) is 21.6. The Balaban J connectivity index is 2.32. The number of rotatable bonds is 4. The standard InChI is InChI=1S/C19H18I2O6S2/c1-11-4-6-15(7-5-11)20-21-19-13(3)18-12(2)8-16(28(22,23)24)9-14(18)10-17(19)29(25,26)27/h4-10H,1-3H3,(H,22,23,24)(H,25,26,27). The maximum Gasteiger partial charge on any atom is 0.295 e. The summed E-state index contributed by atoms with van der Waals surface area (Å²) < 4.78 is 68.3. The molecule has 10 heteroatoms. The summed E-state index contributed by atoms with van der Waals surface area (Å²) in [6.45, 7) is 5.52. The summed E-state index contributed by atoms with van der Waals surface area (Å²) >= 11 is -1.13. The highest BCUT2D eigenvalue weighted by molar-refractivity contribution is 14.8. The topological polar surface area (TPSA) is 109 Å². The second kappa shape index (κ2) is 8.38. The van der Waals surface area contributed by atoms with E-state index in [1.165, 1.54) is 21.8 Å². The van der Waals surface area contributed by atoms with E-state index in [4.69, 9.17) is 0 Å². The van der Waals surface area contributed by atoms with Crippen LogP contribution in [0, 0.1) is 27.9 Å². The zero-order valence-electron chi connectivity index (χ0n) is 15.6. The molecule has 0 radical (unpaired) electrons. The first kappa shape index (κ1) is 22.9. The molecule has 0 aliphatic rings. The van der Waals surface area contributed by atoms with E-state index < -0.39 is 53.4 Å². The summed E-state index contributed by atoms with van der Waals surface area (Å²) in [6.07, 6.45) is 0. The monoisotopic (exact) mass is 660 g/mol. The minimum atomic E-state index is -4.49. The molecule has 3 rings (SSSR count). The van der Waals surface area contributed by atoms with Crippen LogP contribution in [0.2, 0.25) is 0 Å². The van der Waals surface area contributed by atoms with E-state index in [1.54, 1.807) is 13.8 Å². The average molecular weight is 660 g/mol. The van der Waals surface area contributed by atoms with Crippen molar-refractivity contribution in [2.24, 2.45) is 0 Å². The third kappa shape index (κ3) is 5.10. The van der Waals surface area contributed by atoms with Crippen molar-refractivity contribution in [2.45, 2.75) is 30.6 Å². The molecule has 0 aromatic heterocycles. The van der Waals surface area contributed by atoms with Gasteiger partial charge in [-0.05, 0) is 106 Å². The fourth-order valence-corrected chi connectivity index (χ4v) is 16.6. The van der Waals surface area contributed by atoms with Crippen LogP contribution in [0.1, 0.15) is 16.7 Å². The van der Waals surface area contributed by atoms with Crippen LogP contribution < -0.4 is 0 Å². The summed E-state index contributed by atoms with van der Waals surface area (Å²) in [6, 6.07) is 12.1. The molecule has 156 valence electrons. The molecule has 0 saturated heterocycles. The Morgan fingerprint density at radius 1 is 0.793 bits per heavy atom. The van der Waals surface area contributed by atoms with Crippen molar-refractivity contribution in [2.75, 3.05) is 0 Å². The normalized spacial score (nSPS) is 13.3. The molecule has 0 aliphatic carbocycles. The van der Waals surface area contributed by atoms with Crippen molar-refractivity contribution in [3.05, 3.63) is 66.3 Å². The highest BCUT2D eigenvalue weighted by Crippen LogP contribution is 2.39. The number of hydrogen-bond acceptors (Lipinski definition) is 4. The minimum Gasteiger partial charge on any atom is -0.282 e. The van der Waals surface area contributed by atoms with Crippen molar-refractivity contribution in [1.29, 1.82) is 0 Å². The molecule has 2 N–H and O–H groups in total. The molecular formula is C19H18I2O6S2. The SMILES string of the molecule is Cc1ccc(I=Ic2c(S(=O)(=O)O)cc3cc(S(=O)(=O)O)cc(C)c3c2C)cc1. The van der Waals surface area contributed by atoms with E-state index >= 15 is 0 Å². The van der Waals surface area contributed by atoms with Gasteiger partial charge in [0.15, 0.2) is 0 Å². The molecule has 0 fully saturated rings. The third-order valence-corrected chi connectivity index (χ3v) is 16.9. The molecule has 0 spiro atoms. The first-order valence-corrected chi connectivity index (χ1v) is 19.6. The summed E-state index contributed by atoms with van der Waals surface area (Å²) in [5, 5.41) is 1.09. The third-order valence-electron chi connectivity index (χ3n) is 4.32. The Morgan fingerprint density at radius 3 is 1.97 bits per heavy atom. The van der Waals surface area contributed by atoms with Gasteiger partial charge in [-0.25, -0.2) is 0 Å². The van der Waals surface area contributed by atoms with Gasteiger partial charge in [-0.2, -0.15) is 16.8 Å². The van der Waals surface area contributed by atoms with Crippen LogP contribution >= 0.6 is 33.2 Å². The van der Waals surface area contributed by atoms with Crippen LogP contribution in [-0.4, -0.2) is 25.9 Å². The van der Waals surface area contributed by atoms with Crippen molar-refractivity contribution in [1.82, 2.24) is 0 Å². The smallest absolute Gasteiger partial charge is 0.282 e. The molecule has 0 unspecified atom stereocenters. The Bertz CT molecular complexity index is 1360.